The highest BCUT2D eigenvalue weighted by Crippen LogP contribution is 2.23. The monoisotopic (exact) mass is 209 g/mol. The van der Waals surface area contributed by atoms with Gasteiger partial charge in [-0.05, 0) is 24.6 Å². The number of rotatable bonds is 3. The van der Waals surface area contributed by atoms with Gasteiger partial charge in [0.2, 0.25) is 0 Å². The molecule has 0 aliphatic carbocycles. The van der Waals surface area contributed by atoms with Gasteiger partial charge in [-0.1, -0.05) is 23.6 Å². The minimum atomic E-state index is 0.0410. The van der Waals surface area contributed by atoms with Crippen molar-refractivity contribution in [3.8, 4) is 12.3 Å². The molecule has 3 heteroatoms. The molecule has 0 spiro atoms. The maximum atomic E-state index is 6.05. The van der Waals surface area contributed by atoms with Gasteiger partial charge in [-0.3, -0.25) is 0 Å². The van der Waals surface area contributed by atoms with Crippen molar-refractivity contribution < 1.29 is 4.84 Å². The lowest BCUT2D eigenvalue weighted by Crippen LogP contribution is -2.17. The average Bonchev–Trinajstić information content (AvgIpc) is 2.17. The van der Waals surface area contributed by atoms with Crippen molar-refractivity contribution in [2.24, 2.45) is 0 Å². The lowest BCUT2D eigenvalue weighted by Gasteiger charge is -2.13. The smallest absolute Gasteiger partial charge is 0.0572 e. The highest BCUT2D eigenvalue weighted by atomic mass is 35.5. The quantitative estimate of drug-likeness (QED) is 0.610. The van der Waals surface area contributed by atoms with Crippen LogP contribution in [-0.4, -0.2) is 7.11 Å². The van der Waals surface area contributed by atoms with Crippen LogP contribution >= 0.6 is 11.6 Å². The fourth-order valence-electron chi connectivity index (χ4n) is 1.21. The van der Waals surface area contributed by atoms with E-state index in [9.17, 15) is 0 Å². The van der Waals surface area contributed by atoms with Gasteiger partial charge in [-0.15, -0.1) is 6.42 Å². The van der Waals surface area contributed by atoms with Gasteiger partial charge in [0.1, 0.15) is 0 Å². The van der Waals surface area contributed by atoms with Crippen LogP contribution in [0.1, 0.15) is 24.1 Å². The van der Waals surface area contributed by atoms with Crippen LogP contribution in [0, 0.1) is 12.3 Å². The molecule has 1 N–H and O–H groups in total. The first-order valence-corrected chi connectivity index (χ1v) is 4.61. The third-order valence-electron chi connectivity index (χ3n) is 1.93. The predicted octanol–water partition coefficient (Wildman–Crippen LogP) is 2.53. The summed E-state index contributed by atoms with van der Waals surface area (Å²) in [5, 5.41) is 0.650. The molecule has 0 aliphatic rings. The molecule has 0 saturated carbocycles. The second-order valence-corrected chi connectivity index (χ2v) is 3.33. The van der Waals surface area contributed by atoms with E-state index in [0.29, 0.717) is 5.02 Å². The number of nitrogens with one attached hydrogen (secondary N) is 1. The van der Waals surface area contributed by atoms with E-state index in [2.05, 4.69) is 11.4 Å². The van der Waals surface area contributed by atoms with Crippen LogP contribution in [0.3, 0.4) is 0 Å². The van der Waals surface area contributed by atoms with E-state index in [-0.39, 0.29) is 6.04 Å². The molecule has 0 aliphatic heterocycles. The van der Waals surface area contributed by atoms with E-state index in [1.165, 1.54) is 0 Å². The van der Waals surface area contributed by atoms with Gasteiger partial charge >= 0.3 is 0 Å². The Morgan fingerprint density at radius 3 is 2.79 bits per heavy atom. The van der Waals surface area contributed by atoms with E-state index in [4.69, 9.17) is 22.9 Å². The standard InChI is InChI=1S/C11H12ClNO/c1-4-9-5-6-10(11(12)7-9)8(2)13-14-3/h1,5-8,13H,2-3H3. The van der Waals surface area contributed by atoms with Crippen molar-refractivity contribution in [3.05, 3.63) is 34.3 Å². The number of terminal acetylenes is 1. The Labute approximate surface area is 89.2 Å². The first-order chi connectivity index (χ1) is 6.69. The molecule has 0 aromatic heterocycles. The SMILES string of the molecule is C#Cc1ccc(C(C)NOC)c(Cl)c1. The topological polar surface area (TPSA) is 21.3 Å². The summed E-state index contributed by atoms with van der Waals surface area (Å²) in [6, 6.07) is 5.56. The zero-order valence-corrected chi connectivity index (χ0v) is 8.93. The van der Waals surface area contributed by atoms with E-state index >= 15 is 0 Å². The van der Waals surface area contributed by atoms with Crippen LogP contribution in [0.2, 0.25) is 5.02 Å². The van der Waals surface area contributed by atoms with Crippen LogP contribution in [0.25, 0.3) is 0 Å². The highest BCUT2D eigenvalue weighted by Gasteiger charge is 2.08. The van der Waals surface area contributed by atoms with Gasteiger partial charge in [0.15, 0.2) is 0 Å². The Balaban J connectivity index is 2.95. The maximum Gasteiger partial charge on any atom is 0.0572 e. The summed E-state index contributed by atoms with van der Waals surface area (Å²) in [6.07, 6.45) is 5.25. The zero-order chi connectivity index (χ0) is 10.6. The summed E-state index contributed by atoms with van der Waals surface area (Å²) >= 11 is 6.05. The molecule has 0 radical (unpaired) electrons. The van der Waals surface area contributed by atoms with Gasteiger partial charge in [0.25, 0.3) is 0 Å². The second kappa shape index (κ2) is 5.02. The molecule has 1 aromatic carbocycles. The molecule has 1 rings (SSSR count). The molecule has 0 heterocycles. The molecule has 2 nitrogen and oxygen atoms in total. The molecule has 1 atom stereocenters. The second-order valence-electron chi connectivity index (χ2n) is 2.92. The third kappa shape index (κ3) is 2.49. The zero-order valence-electron chi connectivity index (χ0n) is 8.17. The van der Waals surface area contributed by atoms with Crippen LogP contribution in [0.15, 0.2) is 18.2 Å². The van der Waals surface area contributed by atoms with Crippen molar-refractivity contribution >= 4 is 11.6 Å². The summed E-state index contributed by atoms with van der Waals surface area (Å²) in [4.78, 5) is 4.82. The summed E-state index contributed by atoms with van der Waals surface area (Å²) in [7, 11) is 1.57. The van der Waals surface area contributed by atoms with Gasteiger partial charge in [0, 0.05) is 10.6 Å². The van der Waals surface area contributed by atoms with Crippen molar-refractivity contribution in [2.75, 3.05) is 7.11 Å². The number of hydrogen-bond donors (Lipinski definition) is 1. The Morgan fingerprint density at radius 2 is 2.29 bits per heavy atom. The van der Waals surface area contributed by atoms with Gasteiger partial charge in [-0.25, -0.2) is 0 Å². The van der Waals surface area contributed by atoms with Crippen molar-refractivity contribution in [3.63, 3.8) is 0 Å². The highest BCUT2D eigenvalue weighted by molar-refractivity contribution is 6.31. The maximum absolute atomic E-state index is 6.05. The average molecular weight is 210 g/mol. The summed E-state index contributed by atoms with van der Waals surface area (Å²) in [5.41, 5.74) is 4.55. The normalized spacial score (nSPS) is 12.1. The van der Waals surface area contributed by atoms with Crippen LogP contribution in [-0.2, 0) is 4.84 Å². The van der Waals surface area contributed by atoms with E-state index in [0.717, 1.165) is 11.1 Å². The van der Waals surface area contributed by atoms with Gasteiger partial charge in [-0.2, -0.15) is 5.48 Å². The van der Waals surface area contributed by atoms with E-state index in [1.807, 2.05) is 19.1 Å². The lowest BCUT2D eigenvalue weighted by molar-refractivity contribution is 0.0659. The minimum Gasteiger partial charge on any atom is -0.305 e. The Bertz CT molecular complexity index is 357. The molecule has 74 valence electrons. The molecular formula is C11H12ClNO. The van der Waals surface area contributed by atoms with Crippen molar-refractivity contribution in [1.29, 1.82) is 0 Å². The minimum absolute atomic E-state index is 0.0410. The summed E-state index contributed by atoms with van der Waals surface area (Å²) in [6.45, 7) is 1.96. The number of halogens is 1. The molecule has 0 amide bonds. The Kier molecular flexibility index (Phi) is 3.97. The fourth-order valence-corrected chi connectivity index (χ4v) is 1.55. The lowest BCUT2D eigenvalue weighted by atomic mass is 10.1. The molecule has 0 bridgehead atoms. The molecule has 1 aromatic rings. The van der Waals surface area contributed by atoms with Crippen molar-refractivity contribution in [2.45, 2.75) is 13.0 Å². The summed E-state index contributed by atoms with van der Waals surface area (Å²) in [5.74, 6) is 2.53. The Morgan fingerprint density at radius 1 is 1.57 bits per heavy atom. The number of benzene rings is 1. The van der Waals surface area contributed by atoms with E-state index in [1.54, 1.807) is 13.2 Å². The number of hydrogen-bond acceptors (Lipinski definition) is 2. The van der Waals surface area contributed by atoms with Crippen molar-refractivity contribution in [1.82, 2.24) is 5.48 Å². The fraction of sp³-hybridized carbons (Fsp3) is 0.273. The Hall–Kier alpha value is -1.01. The van der Waals surface area contributed by atoms with E-state index < -0.39 is 0 Å². The van der Waals surface area contributed by atoms with Gasteiger partial charge < -0.3 is 4.84 Å². The first-order valence-electron chi connectivity index (χ1n) is 4.23. The predicted molar refractivity (Wildman–Crippen MR) is 57.9 cm³/mol. The van der Waals surface area contributed by atoms with Crippen LogP contribution < -0.4 is 5.48 Å². The molecule has 1 unspecified atom stereocenters. The van der Waals surface area contributed by atoms with Gasteiger partial charge in [0.05, 0.1) is 13.2 Å². The van der Waals surface area contributed by atoms with Crippen LogP contribution in [0.5, 0.6) is 0 Å². The molecular weight excluding hydrogens is 198 g/mol. The summed E-state index contributed by atoms with van der Waals surface area (Å²) < 4.78 is 0. The molecule has 14 heavy (non-hydrogen) atoms. The van der Waals surface area contributed by atoms with Crippen LogP contribution in [0.4, 0.5) is 0 Å². The first kappa shape index (κ1) is 11.1. The molecule has 0 saturated heterocycles. The largest absolute Gasteiger partial charge is 0.305 e. The number of hydroxylamine groups is 1. The third-order valence-corrected chi connectivity index (χ3v) is 2.26. The molecule has 0 fully saturated rings.